The first-order valence-electron chi connectivity index (χ1n) is 10.5. The summed E-state index contributed by atoms with van der Waals surface area (Å²) in [5, 5.41) is 3.54. The number of hydrogen-bond acceptors (Lipinski definition) is 5. The minimum absolute atomic E-state index is 0.00332. The molecule has 2 aromatic carbocycles. The van der Waals surface area contributed by atoms with E-state index in [1.165, 1.54) is 0 Å². The Morgan fingerprint density at radius 1 is 1.16 bits per heavy atom. The Balaban J connectivity index is 1.56. The summed E-state index contributed by atoms with van der Waals surface area (Å²) in [7, 11) is 0. The Morgan fingerprint density at radius 2 is 1.87 bits per heavy atom. The van der Waals surface area contributed by atoms with Crippen molar-refractivity contribution in [3.05, 3.63) is 58.8 Å². The van der Waals surface area contributed by atoms with Crippen LogP contribution < -0.4 is 14.8 Å². The molecule has 1 aliphatic heterocycles. The van der Waals surface area contributed by atoms with Crippen molar-refractivity contribution in [2.75, 3.05) is 0 Å². The van der Waals surface area contributed by atoms with Gasteiger partial charge in [0, 0.05) is 17.5 Å². The topological polar surface area (TPSA) is 77.8 Å². The van der Waals surface area contributed by atoms with Crippen molar-refractivity contribution in [1.82, 2.24) is 5.32 Å². The summed E-state index contributed by atoms with van der Waals surface area (Å²) in [4.78, 5) is 25.6. The van der Waals surface area contributed by atoms with E-state index in [1.807, 2.05) is 52.0 Å². The molecular weight excluding hydrogens is 394 g/mol. The van der Waals surface area contributed by atoms with Gasteiger partial charge < -0.3 is 19.2 Å². The molecule has 0 unspecified atom stereocenters. The molecule has 0 bridgehead atoms. The maximum atomic E-state index is 12.8. The maximum absolute atomic E-state index is 12.8. The van der Waals surface area contributed by atoms with Gasteiger partial charge in [-0.3, -0.25) is 9.59 Å². The van der Waals surface area contributed by atoms with Crippen molar-refractivity contribution in [1.29, 1.82) is 0 Å². The third-order valence-corrected chi connectivity index (χ3v) is 5.26. The summed E-state index contributed by atoms with van der Waals surface area (Å²) >= 11 is 0. The number of amides is 1. The highest BCUT2D eigenvalue weighted by molar-refractivity contribution is 6.13. The van der Waals surface area contributed by atoms with Crippen molar-refractivity contribution in [2.24, 2.45) is 0 Å². The molecule has 1 amide bonds. The van der Waals surface area contributed by atoms with Gasteiger partial charge in [-0.25, -0.2) is 0 Å². The maximum Gasteiger partial charge on any atom is 0.287 e. The Morgan fingerprint density at radius 3 is 2.55 bits per heavy atom. The van der Waals surface area contributed by atoms with Crippen LogP contribution in [0.3, 0.4) is 0 Å². The molecule has 1 N–H and O–H groups in total. The van der Waals surface area contributed by atoms with Crippen LogP contribution in [0.15, 0.2) is 40.8 Å². The summed E-state index contributed by atoms with van der Waals surface area (Å²) < 4.78 is 17.5. The van der Waals surface area contributed by atoms with E-state index < -0.39 is 5.60 Å². The van der Waals surface area contributed by atoms with Crippen LogP contribution in [-0.4, -0.2) is 23.4 Å². The number of hydrogen-bond donors (Lipinski definition) is 1. The van der Waals surface area contributed by atoms with Gasteiger partial charge >= 0.3 is 0 Å². The van der Waals surface area contributed by atoms with Crippen molar-refractivity contribution in [2.45, 2.75) is 59.3 Å². The van der Waals surface area contributed by atoms with Gasteiger partial charge in [-0.2, -0.15) is 0 Å². The second kappa shape index (κ2) is 7.76. The number of fused-ring (bicyclic) bond motifs is 3. The first-order valence-corrected chi connectivity index (χ1v) is 10.5. The van der Waals surface area contributed by atoms with Gasteiger partial charge in [0.1, 0.15) is 22.7 Å². The Labute approximate surface area is 181 Å². The Kier molecular flexibility index (Phi) is 5.25. The number of ether oxygens (including phenoxy) is 2. The van der Waals surface area contributed by atoms with E-state index in [0.29, 0.717) is 34.4 Å². The number of furan rings is 1. The fourth-order valence-corrected chi connectivity index (χ4v) is 3.93. The molecule has 0 saturated heterocycles. The summed E-state index contributed by atoms with van der Waals surface area (Å²) in [5.74, 6) is 1.21. The molecule has 6 nitrogen and oxygen atoms in total. The minimum Gasteiger partial charge on any atom is -0.491 e. The number of benzene rings is 2. The molecule has 0 saturated carbocycles. The fraction of sp³-hybridized carbons (Fsp3) is 0.360. The SMILES string of the molecule is Cc1c(C(=O)NCc2ccc(OC(C)C)cc2)oc2ccc3c(c12)C(=O)CC(C)(C)O3. The summed E-state index contributed by atoms with van der Waals surface area (Å²) in [6.45, 7) is 9.88. The van der Waals surface area contributed by atoms with Gasteiger partial charge in [0.25, 0.3) is 5.91 Å². The molecule has 0 aliphatic carbocycles. The molecule has 31 heavy (non-hydrogen) atoms. The minimum atomic E-state index is -0.550. The van der Waals surface area contributed by atoms with Crippen LogP contribution in [0.4, 0.5) is 0 Å². The predicted octanol–water partition coefficient (Wildman–Crippen LogP) is 5.20. The smallest absolute Gasteiger partial charge is 0.287 e. The third kappa shape index (κ3) is 4.15. The summed E-state index contributed by atoms with van der Waals surface area (Å²) in [6, 6.07) is 11.1. The third-order valence-electron chi connectivity index (χ3n) is 5.26. The fourth-order valence-electron chi connectivity index (χ4n) is 3.93. The standard InChI is InChI=1S/C25H27NO5/c1-14(2)29-17-8-6-16(7-9-17)13-26-24(28)23-15(3)21-19(30-23)10-11-20-22(21)18(27)12-25(4,5)31-20/h6-11,14H,12-13H2,1-5H3,(H,26,28). The second-order valence-corrected chi connectivity index (χ2v) is 8.82. The number of carbonyl (C=O) groups is 2. The van der Waals surface area contributed by atoms with Crippen LogP contribution in [0.25, 0.3) is 11.0 Å². The van der Waals surface area contributed by atoms with Crippen molar-refractivity contribution in [3.8, 4) is 11.5 Å². The normalized spacial score (nSPS) is 15.0. The van der Waals surface area contributed by atoms with Gasteiger partial charge in [0.2, 0.25) is 0 Å². The van der Waals surface area contributed by atoms with E-state index >= 15 is 0 Å². The molecule has 0 spiro atoms. The van der Waals surface area contributed by atoms with E-state index in [1.54, 1.807) is 19.1 Å². The lowest BCUT2D eigenvalue weighted by atomic mass is 9.90. The van der Waals surface area contributed by atoms with Crippen LogP contribution in [-0.2, 0) is 6.54 Å². The first kappa shape index (κ1) is 21.0. The largest absolute Gasteiger partial charge is 0.491 e. The zero-order chi connectivity index (χ0) is 22.3. The number of Topliss-reactive ketones (excluding diaryl/α,β-unsaturated/α-hetero) is 1. The summed E-state index contributed by atoms with van der Waals surface area (Å²) in [6.07, 6.45) is 0.387. The summed E-state index contributed by atoms with van der Waals surface area (Å²) in [5.41, 5.74) is 2.04. The highest BCUT2D eigenvalue weighted by atomic mass is 16.5. The number of ketones is 1. The van der Waals surface area contributed by atoms with Gasteiger partial charge in [-0.15, -0.1) is 0 Å². The molecule has 1 aromatic heterocycles. The zero-order valence-electron chi connectivity index (χ0n) is 18.5. The van der Waals surface area contributed by atoms with Crippen LogP contribution in [0.2, 0.25) is 0 Å². The van der Waals surface area contributed by atoms with Crippen LogP contribution >= 0.6 is 0 Å². The van der Waals surface area contributed by atoms with Crippen molar-refractivity contribution < 1.29 is 23.5 Å². The van der Waals surface area contributed by atoms with Gasteiger partial charge in [-0.1, -0.05) is 12.1 Å². The molecule has 2 heterocycles. The van der Waals surface area contributed by atoms with Crippen molar-refractivity contribution in [3.63, 3.8) is 0 Å². The van der Waals surface area contributed by atoms with E-state index in [-0.39, 0.29) is 30.0 Å². The molecule has 6 heteroatoms. The number of aryl methyl sites for hydroxylation is 1. The second-order valence-electron chi connectivity index (χ2n) is 8.82. The monoisotopic (exact) mass is 421 g/mol. The van der Waals surface area contributed by atoms with E-state index in [0.717, 1.165) is 11.3 Å². The molecule has 1 aliphatic rings. The Hall–Kier alpha value is -3.28. The van der Waals surface area contributed by atoms with Crippen LogP contribution in [0.5, 0.6) is 11.5 Å². The Bertz CT molecular complexity index is 1150. The molecule has 4 rings (SSSR count). The van der Waals surface area contributed by atoms with E-state index in [2.05, 4.69) is 5.32 Å². The van der Waals surface area contributed by atoms with E-state index in [4.69, 9.17) is 13.9 Å². The molecule has 0 atom stereocenters. The quantitative estimate of drug-likeness (QED) is 0.612. The lowest BCUT2D eigenvalue weighted by Gasteiger charge is -2.31. The number of rotatable bonds is 5. The highest BCUT2D eigenvalue weighted by Crippen LogP contribution is 2.40. The lowest BCUT2D eigenvalue weighted by molar-refractivity contribution is 0.0623. The van der Waals surface area contributed by atoms with Crippen molar-refractivity contribution >= 4 is 22.7 Å². The number of nitrogens with one attached hydrogen (secondary N) is 1. The first-order chi connectivity index (χ1) is 14.6. The van der Waals surface area contributed by atoms with Gasteiger partial charge in [-0.05, 0) is 64.4 Å². The molecule has 0 radical (unpaired) electrons. The molecule has 162 valence electrons. The molecular formula is C25H27NO5. The molecule has 3 aromatic rings. The lowest BCUT2D eigenvalue weighted by Crippen LogP contribution is -2.35. The van der Waals surface area contributed by atoms with E-state index in [9.17, 15) is 9.59 Å². The van der Waals surface area contributed by atoms with Gasteiger partial charge in [0.05, 0.1) is 18.1 Å². The molecule has 0 fully saturated rings. The zero-order valence-corrected chi connectivity index (χ0v) is 18.5. The van der Waals surface area contributed by atoms with Crippen LogP contribution in [0, 0.1) is 6.92 Å². The number of carbonyl (C=O) groups excluding carboxylic acids is 2. The predicted molar refractivity (Wildman–Crippen MR) is 118 cm³/mol. The van der Waals surface area contributed by atoms with Crippen LogP contribution in [0.1, 0.15) is 66.2 Å². The van der Waals surface area contributed by atoms with Gasteiger partial charge in [0.15, 0.2) is 11.5 Å². The highest BCUT2D eigenvalue weighted by Gasteiger charge is 2.35. The average molecular weight is 421 g/mol. The average Bonchev–Trinajstić information content (AvgIpc) is 3.02.